The van der Waals surface area contributed by atoms with Gasteiger partial charge in [-0.25, -0.2) is 13.2 Å². The summed E-state index contributed by atoms with van der Waals surface area (Å²) in [6.07, 6.45) is 0.642. The summed E-state index contributed by atoms with van der Waals surface area (Å²) in [6, 6.07) is 2.48. The standard InChI is InChI=1S/C14H20F3N/c1-5-18-9(2)8-14(3,4)10-6-7-11(15)13(17)12(10)16/h6-7,9,18H,5,8H2,1-4H3. The monoisotopic (exact) mass is 259 g/mol. The number of hydrogen-bond acceptors (Lipinski definition) is 1. The van der Waals surface area contributed by atoms with Gasteiger partial charge >= 0.3 is 0 Å². The minimum atomic E-state index is -1.39. The van der Waals surface area contributed by atoms with E-state index in [0.29, 0.717) is 6.42 Å². The zero-order valence-corrected chi connectivity index (χ0v) is 11.3. The van der Waals surface area contributed by atoms with E-state index in [1.807, 2.05) is 27.7 Å². The van der Waals surface area contributed by atoms with Crippen LogP contribution in [0.4, 0.5) is 13.2 Å². The van der Waals surface area contributed by atoms with Crippen molar-refractivity contribution in [1.29, 1.82) is 0 Å². The second-order valence-corrected chi connectivity index (χ2v) is 5.27. The van der Waals surface area contributed by atoms with Crippen LogP contribution in [0.3, 0.4) is 0 Å². The van der Waals surface area contributed by atoms with Crippen LogP contribution in [0.5, 0.6) is 0 Å². The first kappa shape index (κ1) is 15.0. The first-order valence-corrected chi connectivity index (χ1v) is 6.17. The van der Waals surface area contributed by atoms with E-state index in [9.17, 15) is 13.2 Å². The van der Waals surface area contributed by atoms with E-state index in [4.69, 9.17) is 0 Å². The summed E-state index contributed by atoms with van der Waals surface area (Å²) in [4.78, 5) is 0. The van der Waals surface area contributed by atoms with Gasteiger partial charge in [0.2, 0.25) is 0 Å². The van der Waals surface area contributed by atoms with Gasteiger partial charge in [0.05, 0.1) is 0 Å². The lowest BCUT2D eigenvalue weighted by molar-refractivity contribution is 0.366. The van der Waals surface area contributed by atoms with E-state index in [2.05, 4.69) is 5.32 Å². The molecule has 1 aromatic rings. The van der Waals surface area contributed by atoms with Gasteiger partial charge in [-0.1, -0.05) is 26.8 Å². The van der Waals surface area contributed by atoms with E-state index < -0.39 is 22.9 Å². The van der Waals surface area contributed by atoms with Crippen LogP contribution in [0.25, 0.3) is 0 Å². The first-order valence-electron chi connectivity index (χ1n) is 6.17. The van der Waals surface area contributed by atoms with Crippen LogP contribution < -0.4 is 5.32 Å². The molecular weight excluding hydrogens is 239 g/mol. The average Bonchev–Trinajstić information content (AvgIpc) is 2.25. The predicted molar refractivity (Wildman–Crippen MR) is 67.1 cm³/mol. The molecule has 0 fully saturated rings. The van der Waals surface area contributed by atoms with Crippen molar-refractivity contribution in [3.63, 3.8) is 0 Å². The Morgan fingerprint density at radius 3 is 2.33 bits per heavy atom. The van der Waals surface area contributed by atoms with Crippen LogP contribution >= 0.6 is 0 Å². The number of hydrogen-bond donors (Lipinski definition) is 1. The largest absolute Gasteiger partial charge is 0.315 e. The highest BCUT2D eigenvalue weighted by Gasteiger charge is 2.28. The molecule has 0 saturated heterocycles. The van der Waals surface area contributed by atoms with Crippen molar-refractivity contribution < 1.29 is 13.2 Å². The van der Waals surface area contributed by atoms with E-state index in [1.165, 1.54) is 6.07 Å². The van der Waals surface area contributed by atoms with Crippen molar-refractivity contribution >= 4 is 0 Å². The van der Waals surface area contributed by atoms with E-state index in [1.54, 1.807) is 0 Å². The second kappa shape index (κ2) is 5.74. The molecule has 0 heterocycles. The predicted octanol–water partition coefficient (Wildman–Crippen LogP) is 3.77. The highest BCUT2D eigenvalue weighted by atomic mass is 19.2. The zero-order chi connectivity index (χ0) is 13.9. The molecule has 1 nitrogen and oxygen atoms in total. The zero-order valence-electron chi connectivity index (χ0n) is 11.3. The number of nitrogens with one attached hydrogen (secondary N) is 1. The minimum absolute atomic E-state index is 0.178. The third-order valence-electron chi connectivity index (χ3n) is 3.13. The maximum atomic E-state index is 13.8. The van der Waals surface area contributed by atoms with Crippen LogP contribution in [-0.2, 0) is 5.41 Å². The SMILES string of the molecule is CCNC(C)CC(C)(C)c1ccc(F)c(F)c1F. The first-order chi connectivity index (χ1) is 8.29. The number of benzene rings is 1. The Hall–Kier alpha value is -1.03. The quantitative estimate of drug-likeness (QED) is 0.794. The Morgan fingerprint density at radius 2 is 1.78 bits per heavy atom. The Kier molecular flexibility index (Phi) is 4.79. The summed E-state index contributed by atoms with van der Waals surface area (Å²) in [5.74, 6) is -3.62. The maximum Gasteiger partial charge on any atom is 0.194 e. The van der Waals surface area contributed by atoms with Crippen molar-refractivity contribution in [1.82, 2.24) is 5.32 Å². The van der Waals surface area contributed by atoms with Gasteiger partial charge in [-0.3, -0.25) is 0 Å². The highest BCUT2D eigenvalue weighted by Crippen LogP contribution is 2.32. The Morgan fingerprint density at radius 1 is 1.17 bits per heavy atom. The van der Waals surface area contributed by atoms with Crippen molar-refractivity contribution in [3.8, 4) is 0 Å². The molecule has 1 aromatic carbocycles. The molecule has 0 aromatic heterocycles. The Balaban J connectivity index is 3.01. The molecule has 0 aliphatic heterocycles. The van der Waals surface area contributed by atoms with Crippen LogP contribution in [0.2, 0.25) is 0 Å². The van der Waals surface area contributed by atoms with Crippen LogP contribution in [0.1, 0.15) is 39.7 Å². The van der Waals surface area contributed by atoms with Gasteiger partial charge in [0.15, 0.2) is 17.5 Å². The topological polar surface area (TPSA) is 12.0 Å². The van der Waals surface area contributed by atoms with Gasteiger partial charge in [0.1, 0.15) is 0 Å². The molecule has 18 heavy (non-hydrogen) atoms. The van der Waals surface area contributed by atoms with Gasteiger partial charge in [-0.2, -0.15) is 0 Å². The smallest absolute Gasteiger partial charge is 0.194 e. The molecule has 1 N–H and O–H groups in total. The summed E-state index contributed by atoms with van der Waals surface area (Å²) in [6.45, 7) is 8.45. The summed E-state index contributed by atoms with van der Waals surface area (Å²) in [7, 11) is 0. The second-order valence-electron chi connectivity index (χ2n) is 5.27. The Bertz CT molecular complexity index is 416. The fraction of sp³-hybridized carbons (Fsp3) is 0.571. The van der Waals surface area contributed by atoms with Gasteiger partial charge < -0.3 is 5.32 Å². The summed E-state index contributed by atoms with van der Waals surface area (Å²) in [5.41, 5.74) is -0.341. The molecule has 0 saturated carbocycles. The maximum absolute atomic E-state index is 13.8. The highest BCUT2D eigenvalue weighted by molar-refractivity contribution is 5.27. The van der Waals surface area contributed by atoms with Gasteiger partial charge in [-0.15, -0.1) is 0 Å². The lowest BCUT2D eigenvalue weighted by Crippen LogP contribution is -2.33. The lowest BCUT2D eigenvalue weighted by atomic mass is 9.79. The fourth-order valence-corrected chi connectivity index (χ4v) is 2.34. The van der Waals surface area contributed by atoms with Crippen molar-refractivity contribution in [2.45, 2.75) is 45.6 Å². The molecular formula is C14H20F3N. The summed E-state index contributed by atoms with van der Waals surface area (Å²) in [5, 5.41) is 3.23. The molecule has 0 bridgehead atoms. The third kappa shape index (κ3) is 3.25. The molecule has 1 rings (SSSR count). The fourth-order valence-electron chi connectivity index (χ4n) is 2.34. The van der Waals surface area contributed by atoms with Gasteiger partial charge in [-0.05, 0) is 36.9 Å². The molecule has 4 heteroatoms. The van der Waals surface area contributed by atoms with Crippen molar-refractivity contribution in [2.75, 3.05) is 6.54 Å². The van der Waals surface area contributed by atoms with Crippen molar-refractivity contribution in [2.24, 2.45) is 0 Å². The molecule has 1 atom stereocenters. The lowest BCUT2D eigenvalue weighted by Gasteiger charge is -2.29. The normalized spacial score (nSPS) is 13.7. The van der Waals surface area contributed by atoms with Crippen LogP contribution in [0.15, 0.2) is 12.1 Å². The summed E-state index contributed by atoms with van der Waals surface area (Å²) < 4.78 is 39.9. The molecule has 0 aliphatic carbocycles. The minimum Gasteiger partial charge on any atom is -0.315 e. The van der Waals surface area contributed by atoms with E-state index in [0.717, 1.165) is 12.6 Å². The van der Waals surface area contributed by atoms with Gasteiger partial charge in [0.25, 0.3) is 0 Å². The number of halogens is 3. The molecule has 0 radical (unpaired) electrons. The third-order valence-corrected chi connectivity index (χ3v) is 3.13. The molecule has 102 valence electrons. The average molecular weight is 259 g/mol. The molecule has 0 spiro atoms. The van der Waals surface area contributed by atoms with Gasteiger partial charge in [0, 0.05) is 6.04 Å². The van der Waals surface area contributed by atoms with Crippen LogP contribution in [0, 0.1) is 17.5 Å². The molecule has 1 unspecified atom stereocenters. The van der Waals surface area contributed by atoms with E-state index in [-0.39, 0.29) is 11.6 Å². The molecule has 0 amide bonds. The van der Waals surface area contributed by atoms with Crippen molar-refractivity contribution in [3.05, 3.63) is 35.1 Å². The number of rotatable bonds is 5. The molecule has 0 aliphatic rings. The summed E-state index contributed by atoms with van der Waals surface area (Å²) >= 11 is 0. The Labute approximate surface area is 106 Å². The van der Waals surface area contributed by atoms with Crippen LogP contribution in [-0.4, -0.2) is 12.6 Å². The van der Waals surface area contributed by atoms with E-state index >= 15 is 0 Å².